The Kier molecular flexibility index (Phi) is 44.9. The van der Waals surface area contributed by atoms with Crippen LogP contribution >= 0.6 is 0 Å². The van der Waals surface area contributed by atoms with Crippen molar-refractivity contribution in [3.8, 4) is 0 Å². The number of carboxylic acids is 1. The highest BCUT2D eigenvalue weighted by Gasteiger charge is 1.86. The minimum Gasteiger partial charge on any atom is -0.550 e. The summed E-state index contributed by atoms with van der Waals surface area (Å²) >= 11 is 0. The van der Waals surface area contributed by atoms with Crippen molar-refractivity contribution in [2.24, 2.45) is 0 Å². The molecule has 0 aliphatic heterocycles. The normalized spacial score (nSPS) is 7.56. The minimum absolute atomic E-state index is 0. The fourth-order valence-corrected chi connectivity index (χ4v) is 0.696. The van der Waals surface area contributed by atoms with E-state index in [9.17, 15) is 9.90 Å². The Morgan fingerprint density at radius 1 is 1.00 bits per heavy atom. The maximum atomic E-state index is 9.85. The molecular weight excluding hydrogens is 210 g/mol. The van der Waals surface area contributed by atoms with Crippen LogP contribution in [0.5, 0.6) is 0 Å². The van der Waals surface area contributed by atoms with E-state index in [1.165, 1.54) is 0 Å². The average molecular weight is 239 g/mol. The largest absolute Gasteiger partial charge is 0.550 e. The summed E-state index contributed by atoms with van der Waals surface area (Å²) in [6.07, 6.45) is 4.29. The summed E-state index contributed by atoms with van der Waals surface area (Å²) in [4.78, 5) is 9.85. The maximum Gasteiger partial charge on any atom is 0.0414 e. The summed E-state index contributed by atoms with van der Waals surface area (Å²) in [6, 6.07) is 0. The van der Waals surface area contributed by atoms with Gasteiger partial charge in [0.1, 0.15) is 0 Å². The van der Waals surface area contributed by atoms with E-state index in [-0.39, 0.29) is 25.8 Å². The van der Waals surface area contributed by atoms with Gasteiger partial charge < -0.3 is 26.3 Å². The van der Waals surface area contributed by atoms with Gasteiger partial charge in [0, 0.05) is 19.2 Å². The van der Waals surface area contributed by atoms with Crippen LogP contribution in [-0.4, -0.2) is 29.4 Å². The third-order valence-electron chi connectivity index (χ3n) is 1.23. The van der Waals surface area contributed by atoms with Crippen LogP contribution in [0.2, 0.25) is 0 Å². The van der Waals surface area contributed by atoms with Crippen molar-refractivity contribution in [3.63, 3.8) is 0 Å². The molecule has 0 fully saturated rings. The molecule has 0 rings (SSSR count). The molecule has 0 aromatic carbocycles. The smallest absolute Gasteiger partial charge is 0.0414 e. The van der Waals surface area contributed by atoms with Crippen LogP contribution in [-0.2, 0) is 4.79 Å². The molecule has 0 saturated carbocycles. The molecule has 0 aliphatic carbocycles. The Morgan fingerprint density at radius 2 is 1.38 bits per heavy atom. The lowest BCUT2D eigenvalue weighted by atomic mass is 10.2. The van der Waals surface area contributed by atoms with E-state index < -0.39 is 5.97 Å². The lowest BCUT2D eigenvalue weighted by Crippen LogP contribution is -2.21. The second kappa shape index (κ2) is 29.3. The summed E-state index contributed by atoms with van der Waals surface area (Å²) in [5, 5.41) is 25.0. The lowest BCUT2D eigenvalue weighted by molar-refractivity contribution is -0.305. The van der Waals surface area contributed by atoms with Gasteiger partial charge in [0.25, 0.3) is 0 Å². The number of aliphatic hydroxyl groups excluding tert-OH is 2. The quantitative estimate of drug-likeness (QED) is 0.622. The van der Waals surface area contributed by atoms with Crippen LogP contribution in [0.25, 0.3) is 0 Å². The van der Waals surface area contributed by atoms with Crippen LogP contribution in [0.4, 0.5) is 0 Å². The number of quaternary nitrogens is 1. The predicted molar refractivity (Wildman–Crippen MR) is 65.3 cm³/mol. The zero-order valence-electron chi connectivity index (χ0n) is 11.2. The van der Waals surface area contributed by atoms with Crippen LogP contribution in [0.1, 0.15) is 52.9 Å². The van der Waals surface area contributed by atoms with E-state index in [1.54, 1.807) is 13.8 Å². The van der Waals surface area contributed by atoms with Crippen molar-refractivity contribution in [1.82, 2.24) is 6.15 Å². The van der Waals surface area contributed by atoms with E-state index in [1.807, 2.05) is 0 Å². The first-order valence-electron chi connectivity index (χ1n) is 5.52. The molecule has 6 N–H and O–H groups in total. The Morgan fingerprint density at radius 3 is 1.62 bits per heavy atom. The van der Waals surface area contributed by atoms with Gasteiger partial charge in [0.05, 0.1) is 0 Å². The Bertz CT molecular complexity index is 108. The van der Waals surface area contributed by atoms with Crippen molar-refractivity contribution in [3.05, 3.63) is 0 Å². The Balaban J connectivity index is -0.0000000870. The van der Waals surface area contributed by atoms with Crippen molar-refractivity contribution in [2.45, 2.75) is 52.9 Å². The molecule has 0 spiro atoms. The van der Waals surface area contributed by atoms with Gasteiger partial charge in [-0.3, -0.25) is 0 Å². The molecule has 0 saturated heterocycles. The van der Waals surface area contributed by atoms with Gasteiger partial charge in [-0.15, -0.1) is 0 Å². The molecule has 0 radical (unpaired) electrons. The van der Waals surface area contributed by atoms with E-state index in [0.717, 1.165) is 25.7 Å². The molecule has 0 amide bonds. The van der Waals surface area contributed by atoms with Gasteiger partial charge >= 0.3 is 0 Å². The summed E-state index contributed by atoms with van der Waals surface area (Å²) in [7, 11) is 0. The number of carbonyl (C=O) groups is 1. The highest BCUT2D eigenvalue weighted by molar-refractivity contribution is 5.63. The molecule has 0 aromatic heterocycles. The molecule has 0 aromatic rings. The monoisotopic (exact) mass is 239 g/mol. The number of hydrogen-bond acceptors (Lipinski definition) is 4. The van der Waals surface area contributed by atoms with Crippen LogP contribution in [0.3, 0.4) is 0 Å². The summed E-state index contributed by atoms with van der Waals surface area (Å²) in [6.45, 7) is 5.96. The number of carboxylic acid groups (broad SMARTS) is 1. The maximum absolute atomic E-state index is 9.85. The standard InChI is InChI=1S/C7H14O2.2C2H6O.H3N/c1-2-3-4-5-6-7(8)9;2*1-2-3;/h2-6H2,1H3,(H,8,9);2*3H,2H2,1H3;1H3. The molecule has 0 atom stereocenters. The molecule has 0 heterocycles. The van der Waals surface area contributed by atoms with Crippen LogP contribution < -0.4 is 11.3 Å². The van der Waals surface area contributed by atoms with E-state index in [0.29, 0.717) is 0 Å². The SMILES string of the molecule is CCCCCCC(=O)[O-].CCO.CCO.[NH4+]. The Hall–Kier alpha value is -0.650. The van der Waals surface area contributed by atoms with E-state index in [4.69, 9.17) is 10.2 Å². The van der Waals surface area contributed by atoms with E-state index >= 15 is 0 Å². The second-order valence-corrected chi connectivity index (χ2v) is 2.82. The first-order chi connectivity index (χ1) is 7.10. The van der Waals surface area contributed by atoms with Gasteiger partial charge in [-0.2, -0.15) is 0 Å². The predicted octanol–water partition coefficient (Wildman–Crippen LogP) is 1.08. The number of unbranched alkanes of at least 4 members (excludes halogenated alkanes) is 3. The molecule has 0 bridgehead atoms. The van der Waals surface area contributed by atoms with Crippen molar-refractivity contribution >= 4 is 5.97 Å². The third-order valence-corrected chi connectivity index (χ3v) is 1.23. The van der Waals surface area contributed by atoms with Gasteiger partial charge in [-0.25, -0.2) is 0 Å². The van der Waals surface area contributed by atoms with Crippen molar-refractivity contribution in [2.75, 3.05) is 13.2 Å². The van der Waals surface area contributed by atoms with Crippen molar-refractivity contribution in [1.29, 1.82) is 0 Å². The van der Waals surface area contributed by atoms with Crippen LogP contribution in [0, 0.1) is 0 Å². The molecule has 5 heteroatoms. The topological polar surface area (TPSA) is 117 Å². The Labute approximate surface area is 99.1 Å². The van der Waals surface area contributed by atoms with E-state index in [2.05, 4.69) is 6.92 Å². The fourth-order valence-electron chi connectivity index (χ4n) is 0.696. The average Bonchev–Trinajstić information content (AvgIpc) is 2.15. The van der Waals surface area contributed by atoms with Gasteiger partial charge in [-0.05, 0) is 26.7 Å². The lowest BCUT2D eigenvalue weighted by Gasteiger charge is -1.99. The summed E-state index contributed by atoms with van der Waals surface area (Å²) < 4.78 is 0. The first-order valence-corrected chi connectivity index (χ1v) is 5.52. The number of aliphatic carboxylic acids is 1. The minimum atomic E-state index is -0.925. The molecular formula is C11H29NO4. The highest BCUT2D eigenvalue weighted by Crippen LogP contribution is 2.00. The van der Waals surface area contributed by atoms with Crippen molar-refractivity contribution < 1.29 is 20.1 Å². The number of rotatable bonds is 5. The molecule has 102 valence electrons. The molecule has 16 heavy (non-hydrogen) atoms. The number of carbonyl (C=O) groups excluding carboxylic acids is 1. The van der Waals surface area contributed by atoms with Crippen LogP contribution in [0.15, 0.2) is 0 Å². The number of aliphatic hydroxyl groups is 2. The zero-order valence-corrected chi connectivity index (χ0v) is 11.2. The molecule has 0 unspecified atom stereocenters. The zero-order chi connectivity index (χ0) is 12.5. The molecule has 0 aliphatic rings. The number of hydrogen-bond donors (Lipinski definition) is 3. The molecule has 5 nitrogen and oxygen atoms in total. The third kappa shape index (κ3) is 71.1. The van der Waals surface area contributed by atoms with Gasteiger partial charge in [-0.1, -0.05) is 26.2 Å². The fraction of sp³-hybridized carbons (Fsp3) is 0.909. The summed E-state index contributed by atoms with van der Waals surface area (Å²) in [5.41, 5.74) is 0. The first kappa shape index (κ1) is 24.5. The van der Waals surface area contributed by atoms with Gasteiger partial charge in [0.15, 0.2) is 0 Å². The highest BCUT2D eigenvalue weighted by atomic mass is 16.4. The second-order valence-electron chi connectivity index (χ2n) is 2.82. The van der Waals surface area contributed by atoms with Gasteiger partial charge in [0.2, 0.25) is 0 Å². The summed E-state index contributed by atoms with van der Waals surface area (Å²) in [5.74, 6) is -0.925.